The molecule has 1 aromatic heterocycles. The third-order valence-corrected chi connectivity index (χ3v) is 2.94. The number of imidazole rings is 1. The minimum Gasteiger partial charge on any atom is -0.490 e. The minimum absolute atomic E-state index is 0.559. The zero-order valence-electron chi connectivity index (χ0n) is 11.5. The van der Waals surface area contributed by atoms with Crippen LogP contribution in [0.2, 0.25) is 0 Å². The standard InChI is InChI=1S/C16H20N2O/c1-14(2)15-5-7-16(8-6-15)19-12-4-3-10-18-11-9-17-13-18/h3-9,11,13-14H,10,12H2,1-2H3/b4-3+. The van der Waals surface area contributed by atoms with E-state index in [4.69, 9.17) is 4.74 Å². The average molecular weight is 256 g/mol. The fourth-order valence-corrected chi connectivity index (χ4v) is 1.75. The Balaban J connectivity index is 1.74. The van der Waals surface area contributed by atoms with Crippen molar-refractivity contribution in [1.29, 1.82) is 0 Å². The smallest absolute Gasteiger partial charge is 0.119 e. The Morgan fingerprint density at radius 2 is 2.00 bits per heavy atom. The quantitative estimate of drug-likeness (QED) is 0.738. The summed E-state index contributed by atoms with van der Waals surface area (Å²) in [5.41, 5.74) is 1.34. The van der Waals surface area contributed by atoms with Gasteiger partial charge in [-0.05, 0) is 29.7 Å². The molecule has 0 aliphatic rings. The Morgan fingerprint density at radius 3 is 2.63 bits per heavy atom. The van der Waals surface area contributed by atoms with Crippen molar-refractivity contribution in [2.75, 3.05) is 6.61 Å². The lowest BCUT2D eigenvalue weighted by Gasteiger charge is -2.07. The summed E-state index contributed by atoms with van der Waals surface area (Å²) in [5.74, 6) is 1.47. The molecule has 0 fully saturated rings. The largest absolute Gasteiger partial charge is 0.490 e. The van der Waals surface area contributed by atoms with E-state index in [2.05, 4.69) is 37.0 Å². The van der Waals surface area contributed by atoms with Crippen molar-refractivity contribution in [1.82, 2.24) is 9.55 Å². The van der Waals surface area contributed by atoms with Gasteiger partial charge in [-0.1, -0.05) is 32.1 Å². The van der Waals surface area contributed by atoms with Crippen LogP contribution >= 0.6 is 0 Å². The van der Waals surface area contributed by atoms with E-state index in [9.17, 15) is 0 Å². The van der Waals surface area contributed by atoms with Crippen LogP contribution in [0.4, 0.5) is 0 Å². The summed E-state index contributed by atoms with van der Waals surface area (Å²) in [4.78, 5) is 3.99. The summed E-state index contributed by atoms with van der Waals surface area (Å²) in [6, 6.07) is 8.29. The van der Waals surface area contributed by atoms with Gasteiger partial charge in [0.05, 0.1) is 6.33 Å². The van der Waals surface area contributed by atoms with Gasteiger partial charge in [-0.25, -0.2) is 4.98 Å². The molecule has 0 saturated heterocycles. The number of ether oxygens (including phenoxy) is 1. The van der Waals surface area contributed by atoms with Crippen molar-refractivity contribution >= 4 is 0 Å². The van der Waals surface area contributed by atoms with Crippen LogP contribution in [0.1, 0.15) is 25.3 Å². The molecular formula is C16H20N2O. The Bertz CT molecular complexity index is 498. The van der Waals surface area contributed by atoms with Gasteiger partial charge in [0.25, 0.3) is 0 Å². The molecule has 0 bridgehead atoms. The molecular weight excluding hydrogens is 236 g/mol. The number of rotatable bonds is 6. The topological polar surface area (TPSA) is 27.1 Å². The lowest BCUT2D eigenvalue weighted by atomic mass is 10.0. The zero-order valence-corrected chi connectivity index (χ0v) is 11.5. The number of aromatic nitrogens is 2. The summed E-state index contributed by atoms with van der Waals surface area (Å²) in [7, 11) is 0. The number of allylic oxidation sites excluding steroid dienone is 1. The number of nitrogens with zero attached hydrogens (tertiary/aromatic N) is 2. The Hall–Kier alpha value is -2.03. The maximum atomic E-state index is 5.65. The molecule has 2 rings (SSSR count). The van der Waals surface area contributed by atoms with Gasteiger partial charge < -0.3 is 9.30 Å². The molecule has 1 heterocycles. The Morgan fingerprint density at radius 1 is 1.21 bits per heavy atom. The van der Waals surface area contributed by atoms with E-state index >= 15 is 0 Å². The third kappa shape index (κ3) is 4.28. The molecule has 0 spiro atoms. The predicted molar refractivity (Wildman–Crippen MR) is 77.4 cm³/mol. The van der Waals surface area contributed by atoms with Crippen LogP contribution in [-0.2, 0) is 6.54 Å². The van der Waals surface area contributed by atoms with Gasteiger partial charge in [-0.2, -0.15) is 0 Å². The SMILES string of the molecule is CC(C)c1ccc(OC/C=C/Cn2ccnc2)cc1. The van der Waals surface area contributed by atoms with Gasteiger partial charge >= 0.3 is 0 Å². The number of hydrogen-bond donors (Lipinski definition) is 0. The summed E-state index contributed by atoms with van der Waals surface area (Å²) in [6.45, 7) is 5.80. The van der Waals surface area contributed by atoms with Gasteiger partial charge in [-0.15, -0.1) is 0 Å². The summed E-state index contributed by atoms with van der Waals surface area (Å²) >= 11 is 0. The fourth-order valence-electron chi connectivity index (χ4n) is 1.75. The van der Waals surface area contributed by atoms with Gasteiger partial charge in [0.2, 0.25) is 0 Å². The first-order chi connectivity index (χ1) is 9.25. The molecule has 0 atom stereocenters. The second kappa shape index (κ2) is 6.78. The molecule has 2 aromatic rings. The molecule has 0 saturated carbocycles. The molecule has 3 nitrogen and oxygen atoms in total. The number of hydrogen-bond acceptors (Lipinski definition) is 2. The molecule has 0 amide bonds. The van der Waals surface area contributed by atoms with Crippen molar-refractivity contribution in [2.45, 2.75) is 26.3 Å². The van der Waals surface area contributed by atoms with E-state index in [1.807, 2.05) is 29.0 Å². The van der Waals surface area contributed by atoms with E-state index < -0.39 is 0 Å². The van der Waals surface area contributed by atoms with E-state index in [-0.39, 0.29) is 0 Å². The molecule has 0 unspecified atom stereocenters. The minimum atomic E-state index is 0.559. The van der Waals surface area contributed by atoms with Gasteiger partial charge in [0, 0.05) is 18.9 Å². The molecule has 0 aliphatic heterocycles. The van der Waals surface area contributed by atoms with Crippen molar-refractivity contribution in [3.8, 4) is 5.75 Å². The van der Waals surface area contributed by atoms with Crippen LogP contribution in [0.3, 0.4) is 0 Å². The van der Waals surface area contributed by atoms with Crippen LogP contribution < -0.4 is 4.74 Å². The molecule has 3 heteroatoms. The van der Waals surface area contributed by atoms with Gasteiger partial charge in [0.1, 0.15) is 12.4 Å². The summed E-state index contributed by atoms with van der Waals surface area (Å²) < 4.78 is 7.66. The average Bonchev–Trinajstić information content (AvgIpc) is 2.92. The molecule has 0 radical (unpaired) electrons. The van der Waals surface area contributed by atoms with E-state index in [0.717, 1.165) is 12.3 Å². The van der Waals surface area contributed by atoms with E-state index in [1.165, 1.54) is 5.56 Å². The van der Waals surface area contributed by atoms with Crippen molar-refractivity contribution in [3.05, 3.63) is 60.7 Å². The highest BCUT2D eigenvalue weighted by atomic mass is 16.5. The predicted octanol–water partition coefficient (Wildman–Crippen LogP) is 3.64. The lowest BCUT2D eigenvalue weighted by molar-refractivity contribution is 0.362. The highest BCUT2D eigenvalue weighted by Gasteiger charge is 1.98. The maximum absolute atomic E-state index is 5.65. The van der Waals surface area contributed by atoms with Crippen LogP contribution in [0.25, 0.3) is 0 Å². The second-order valence-corrected chi connectivity index (χ2v) is 4.77. The first kappa shape index (κ1) is 13.4. The molecule has 0 aliphatic carbocycles. The molecule has 1 aromatic carbocycles. The third-order valence-electron chi connectivity index (χ3n) is 2.94. The van der Waals surface area contributed by atoms with Gasteiger partial charge in [0.15, 0.2) is 0 Å². The molecule has 19 heavy (non-hydrogen) atoms. The zero-order chi connectivity index (χ0) is 13.5. The van der Waals surface area contributed by atoms with E-state index in [0.29, 0.717) is 12.5 Å². The van der Waals surface area contributed by atoms with Gasteiger partial charge in [-0.3, -0.25) is 0 Å². The highest BCUT2D eigenvalue weighted by molar-refractivity contribution is 5.28. The first-order valence-corrected chi connectivity index (χ1v) is 6.59. The normalized spacial score (nSPS) is 11.3. The van der Waals surface area contributed by atoms with Crippen LogP contribution in [0.5, 0.6) is 5.75 Å². The Labute approximate surface area is 114 Å². The fraction of sp³-hybridized carbons (Fsp3) is 0.312. The summed E-state index contributed by atoms with van der Waals surface area (Å²) in [5, 5.41) is 0. The maximum Gasteiger partial charge on any atom is 0.119 e. The lowest BCUT2D eigenvalue weighted by Crippen LogP contribution is -1.96. The monoisotopic (exact) mass is 256 g/mol. The molecule has 0 N–H and O–H groups in total. The van der Waals surface area contributed by atoms with Crippen molar-refractivity contribution in [3.63, 3.8) is 0 Å². The van der Waals surface area contributed by atoms with Crippen LogP contribution in [0, 0.1) is 0 Å². The summed E-state index contributed by atoms with van der Waals surface area (Å²) in [6.07, 6.45) is 9.62. The van der Waals surface area contributed by atoms with Crippen LogP contribution in [-0.4, -0.2) is 16.2 Å². The second-order valence-electron chi connectivity index (χ2n) is 4.77. The van der Waals surface area contributed by atoms with Crippen molar-refractivity contribution in [2.24, 2.45) is 0 Å². The highest BCUT2D eigenvalue weighted by Crippen LogP contribution is 2.18. The van der Waals surface area contributed by atoms with E-state index in [1.54, 1.807) is 12.5 Å². The first-order valence-electron chi connectivity index (χ1n) is 6.59. The van der Waals surface area contributed by atoms with Crippen molar-refractivity contribution < 1.29 is 4.74 Å². The Kier molecular flexibility index (Phi) is 4.78. The molecule has 100 valence electrons. The van der Waals surface area contributed by atoms with Crippen LogP contribution in [0.15, 0.2) is 55.1 Å². The number of benzene rings is 1.